The molecular formula is C13H22O4. The molecule has 1 heterocycles. The first-order valence-corrected chi connectivity index (χ1v) is 6.55. The number of Topliss-reactive ketones (excluding diaryl/α,β-unsaturated/α-hetero) is 1. The molecule has 0 radical (unpaired) electrons. The van der Waals surface area contributed by atoms with Gasteiger partial charge in [-0.05, 0) is 33.6 Å². The number of ether oxygens (including phenoxy) is 3. The van der Waals surface area contributed by atoms with E-state index in [1.54, 1.807) is 0 Å². The van der Waals surface area contributed by atoms with Gasteiger partial charge in [0.1, 0.15) is 6.10 Å². The van der Waals surface area contributed by atoms with Crippen LogP contribution in [0, 0.1) is 0 Å². The Kier molecular flexibility index (Phi) is 4.17. The van der Waals surface area contributed by atoms with E-state index in [2.05, 4.69) is 13.8 Å². The maximum atomic E-state index is 11.4. The highest BCUT2D eigenvalue weighted by molar-refractivity contribution is 5.90. The molecule has 0 aromatic rings. The zero-order valence-corrected chi connectivity index (χ0v) is 10.8. The summed E-state index contributed by atoms with van der Waals surface area (Å²) in [5.41, 5.74) is 0. The van der Waals surface area contributed by atoms with Crippen LogP contribution in [0.1, 0.15) is 40.0 Å². The summed E-state index contributed by atoms with van der Waals surface area (Å²) in [5, 5.41) is 0. The highest BCUT2D eigenvalue weighted by atomic mass is 16.6. The van der Waals surface area contributed by atoms with Crippen LogP contribution >= 0.6 is 0 Å². The van der Waals surface area contributed by atoms with Gasteiger partial charge in [0.05, 0.1) is 24.4 Å². The summed E-state index contributed by atoms with van der Waals surface area (Å²) in [6.07, 6.45) is 2.65. The Morgan fingerprint density at radius 3 is 2.47 bits per heavy atom. The quantitative estimate of drug-likeness (QED) is 0.752. The predicted molar refractivity (Wildman–Crippen MR) is 62.9 cm³/mol. The lowest BCUT2D eigenvalue weighted by molar-refractivity contribution is -0.187. The van der Waals surface area contributed by atoms with Crippen molar-refractivity contribution < 1.29 is 19.0 Å². The van der Waals surface area contributed by atoms with Gasteiger partial charge < -0.3 is 14.2 Å². The van der Waals surface area contributed by atoms with Crippen LogP contribution in [0.5, 0.6) is 0 Å². The number of carbonyl (C=O) groups is 1. The van der Waals surface area contributed by atoms with Crippen molar-refractivity contribution in [2.24, 2.45) is 0 Å². The lowest BCUT2D eigenvalue weighted by atomic mass is 9.89. The third-order valence-electron chi connectivity index (χ3n) is 3.43. The third-order valence-corrected chi connectivity index (χ3v) is 3.43. The van der Waals surface area contributed by atoms with E-state index in [0.717, 1.165) is 12.8 Å². The Balaban J connectivity index is 1.82. The summed E-state index contributed by atoms with van der Waals surface area (Å²) in [5.74, 6) is 0.171. The molecule has 4 heteroatoms. The molecule has 1 saturated heterocycles. The van der Waals surface area contributed by atoms with E-state index in [0.29, 0.717) is 13.0 Å². The second-order valence-corrected chi connectivity index (χ2v) is 5.07. The van der Waals surface area contributed by atoms with Crippen molar-refractivity contribution in [3.63, 3.8) is 0 Å². The van der Waals surface area contributed by atoms with Gasteiger partial charge in [0, 0.05) is 13.0 Å². The first-order chi connectivity index (χ1) is 8.10. The van der Waals surface area contributed by atoms with Gasteiger partial charge in [-0.2, -0.15) is 0 Å². The van der Waals surface area contributed by atoms with E-state index < -0.39 is 0 Å². The summed E-state index contributed by atoms with van der Waals surface area (Å²) in [7, 11) is 0. The molecule has 0 amide bonds. The molecule has 0 aromatic heterocycles. The van der Waals surface area contributed by atoms with Crippen molar-refractivity contribution in [1.29, 1.82) is 0 Å². The second-order valence-electron chi connectivity index (χ2n) is 5.07. The predicted octanol–water partition coefficient (Wildman–Crippen LogP) is 1.71. The standard InChI is InChI=1S/C13H22O4/c1-4-15-13-11(14)7-12(13)17-10-5-8(2)16-9(3)6-10/h8-10,12-13H,4-7H2,1-3H3. The maximum Gasteiger partial charge on any atom is 0.166 e. The van der Waals surface area contributed by atoms with Gasteiger partial charge in [-0.15, -0.1) is 0 Å². The number of rotatable bonds is 4. The van der Waals surface area contributed by atoms with Gasteiger partial charge in [-0.25, -0.2) is 0 Å². The monoisotopic (exact) mass is 242 g/mol. The molecule has 2 fully saturated rings. The molecule has 98 valence electrons. The van der Waals surface area contributed by atoms with Gasteiger partial charge in [-0.1, -0.05) is 0 Å². The maximum absolute atomic E-state index is 11.4. The number of hydrogen-bond acceptors (Lipinski definition) is 4. The van der Waals surface area contributed by atoms with E-state index in [9.17, 15) is 4.79 Å². The molecule has 0 N–H and O–H groups in total. The zero-order chi connectivity index (χ0) is 12.4. The fourth-order valence-corrected chi connectivity index (χ4v) is 2.67. The third kappa shape index (κ3) is 3.06. The Hall–Kier alpha value is -0.450. The molecule has 4 unspecified atom stereocenters. The minimum atomic E-state index is -0.326. The summed E-state index contributed by atoms with van der Waals surface area (Å²) in [6, 6.07) is 0. The molecule has 0 bridgehead atoms. The first-order valence-electron chi connectivity index (χ1n) is 6.55. The van der Waals surface area contributed by atoms with Crippen molar-refractivity contribution in [3.8, 4) is 0 Å². The van der Waals surface area contributed by atoms with E-state index in [-0.39, 0.29) is 36.3 Å². The van der Waals surface area contributed by atoms with E-state index >= 15 is 0 Å². The van der Waals surface area contributed by atoms with Crippen LogP contribution < -0.4 is 0 Å². The lowest BCUT2D eigenvalue weighted by Gasteiger charge is -2.40. The molecule has 4 atom stereocenters. The van der Waals surface area contributed by atoms with Crippen molar-refractivity contribution >= 4 is 5.78 Å². The largest absolute Gasteiger partial charge is 0.375 e. The second kappa shape index (κ2) is 5.46. The molecule has 0 aromatic carbocycles. The average Bonchev–Trinajstić information content (AvgIpc) is 2.24. The zero-order valence-electron chi connectivity index (χ0n) is 10.8. The van der Waals surface area contributed by atoms with Gasteiger partial charge in [-0.3, -0.25) is 4.79 Å². The number of hydrogen-bond donors (Lipinski definition) is 0. The van der Waals surface area contributed by atoms with E-state index in [4.69, 9.17) is 14.2 Å². The molecule has 2 aliphatic rings. The molecule has 1 saturated carbocycles. The molecule has 1 aliphatic heterocycles. The van der Waals surface area contributed by atoms with Gasteiger partial charge in [0.25, 0.3) is 0 Å². The van der Waals surface area contributed by atoms with Crippen molar-refractivity contribution in [1.82, 2.24) is 0 Å². The van der Waals surface area contributed by atoms with Gasteiger partial charge in [0.2, 0.25) is 0 Å². The number of carbonyl (C=O) groups excluding carboxylic acids is 1. The van der Waals surface area contributed by atoms with Crippen LogP contribution in [0.15, 0.2) is 0 Å². The Labute approximate surface area is 103 Å². The van der Waals surface area contributed by atoms with Gasteiger partial charge in [0.15, 0.2) is 5.78 Å². The lowest BCUT2D eigenvalue weighted by Crippen LogP contribution is -2.52. The van der Waals surface area contributed by atoms with Crippen molar-refractivity contribution in [3.05, 3.63) is 0 Å². The Morgan fingerprint density at radius 1 is 1.29 bits per heavy atom. The summed E-state index contributed by atoms with van der Waals surface area (Å²) in [4.78, 5) is 11.4. The van der Waals surface area contributed by atoms with Crippen LogP contribution in [-0.2, 0) is 19.0 Å². The minimum Gasteiger partial charge on any atom is -0.375 e. The summed E-state index contributed by atoms with van der Waals surface area (Å²) in [6.45, 7) is 6.61. The summed E-state index contributed by atoms with van der Waals surface area (Å²) < 4.78 is 17.0. The molecule has 17 heavy (non-hydrogen) atoms. The fraction of sp³-hybridized carbons (Fsp3) is 0.923. The van der Waals surface area contributed by atoms with Crippen LogP contribution in [0.4, 0.5) is 0 Å². The van der Waals surface area contributed by atoms with Crippen LogP contribution in [0.2, 0.25) is 0 Å². The van der Waals surface area contributed by atoms with Crippen molar-refractivity contribution in [2.75, 3.05) is 6.61 Å². The van der Waals surface area contributed by atoms with Crippen LogP contribution in [0.25, 0.3) is 0 Å². The minimum absolute atomic E-state index is 0.0371. The van der Waals surface area contributed by atoms with Crippen LogP contribution in [-0.4, -0.2) is 42.9 Å². The molecule has 4 nitrogen and oxygen atoms in total. The topological polar surface area (TPSA) is 44.8 Å². The first kappa shape index (κ1) is 13.0. The van der Waals surface area contributed by atoms with E-state index in [1.807, 2.05) is 6.92 Å². The summed E-state index contributed by atoms with van der Waals surface area (Å²) >= 11 is 0. The van der Waals surface area contributed by atoms with Gasteiger partial charge >= 0.3 is 0 Å². The molecule has 1 aliphatic carbocycles. The normalized spacial score (nSPS) is 42.3. The Morgan fingerprint density at radius 2 is 1.94 bits per heavy atom. The smallest absolute Gasteiger partial charge is 0.166 e. The average molecular weight is 242 g/mol. The fourth-order valence-electron chi connectivity index (χ4n) is 2.67. The highest BCUT2D eigenvalue weighted by Gasteiger charge is 2.43. The number of ketones is 1. The molecule has 0 spiro atoms. The van der Waals surface area contributed by atoms with Crippen molar-refractivity contribution in [2.45, 2.75) is 70.6 Å². The Bertz CT molecular complexity index is 269. The molecular weight excluding hydrogens is 220 g/mol. The SMILES string of the molecule is CCOC1C(=O)CC1OC1CC(C)OC(C)C1. The van der Waals surface area contributed by atoms with Crippen LogP contribution in [0.3, 0.4) is 0 Å². The molecule has 2 rings (SSSR count). The van der Waals surface area contributed by atoms with E-state index in [1.165, 1.54) is 0 Å². The highest BCUT2D eigenvalue weighted by Crippen LogP contribution is 2.29.